The molecule has 0 radical (unpaired) electrons. The zero-order valence-corrected chi connectivity index (χ0v) is 17.5. The van der Waals surface area contributed by atoms with Gasteiger partial charge in [0, 0.05) is 49.1 Å². The van der Waals surface area contributed by atoms with Crippen LogP contribution in [0.2, 0.25) is 15.1 Å². The molecule has 4 aromatic rings. The lowest BCUT2D eigenvalue weighted by Crippen LogP contribution is -2.24. The van der Waals surface area contributed by atoms with E-state index in [0.717, 1.165) is 33.1 Å². The van der Waals surface area contributed by atoms with Crippen LogP contribution in [0.15, 0.2) is 54.6 Å². The van der Waals surface area contributed by atoms with Crippen molar-refractivity contribution in [3.8, 4) is 0 Å². The van der Waals surface area contributed by atoms with Gasteiger partial charge >= 0.3 is 0 Å². The fraction of sp³-hybridized carbons (Fsp3) is 0.182. The second-order valence-corrected chi connectivity index (χ2v) is 8.21. The molecule has 0 amide bonds. The second-order valence-electron chi connectivity index (χ2n) is 6.93. The third kappa shape index (κ3) is 3.81. The SMILES string of the molecule is Cc1ccc(NC[C@@H](O)Cn2c3ccc(Cl)cc3c3cc(Cl)ccc32)cc1Cl. The molecule has 0 bridgehead atoms. The number of rotatable bonds is 5. The number of hydrogen-bond donors (Lipinski definition) is 2. The summed E-state index contributed by atoms with van der Waals surface area (Å²) in [7, 11) is 0. The van der Waals surface area contributed by atoms with Gasteiger partial charge in [-0.1, -0.05) is 40.9 Å². The maximum absolute atomic E-state index is 10.7. The molecule has 0 spiro atoms. The molecule has 0 aliphatic heterocycles. The van der Waals surface area contributed by atoms with E-state index in [1.807, 2.05) is 61.5 Å². The van der Waals surface area contributed by atoms with Crippen molar-refractivity contribution in [2.75, 3.05) is 11.9 Å². The van der Waals surface area contributed by atoms with Gasteiger partial charge in [-0.15, -0.1) is 0 Å². The molecule has 1 aromatic heterocycles. The van der Waals surface area contributed by atoms with Crippen molar-refractivity contribution in [2.24, 2.45) is 0 Å². The molecule has 28 heavy (non-hydrogen) atoms. The largest absolute Gasteiger partial charge is 0.389 e. The fourth-order valence-electron chi connectivity index (χ4n) is 3.46. The summed E-state index contributed by atoms with van der Waals surface area (Å²) >= 11 is 18.6. The van der Waals surface area contributed by atoms with E-state index in [-0.39, 0.29) is 0 Å². The van der Waals surface area contributed by atoms with Gasteiger partial charge in [0.25, 0.3) is 0 Å². The zero-order chi connectivity index (χ0) is 19.8. The van der Waals surface area contributed by atoms with E-state index < -0.39 is 6.10 Å². The van der Waals surface area contributed by atoms with Gasteiger partial charge in [-0.2, -0.15) is 0 Å². The zero-order valence-electron chi connectivity index (χ0n) is 15.2. The molecule has 1 atom stereocenters. The van der Waals surface area contributed by atoms with Gasteiger partial charge in [0.2, 0.25) is 0 Å². The Morgan fingerprint density at radius 1 is 0.893 bits per heavy atom. The molecule has 0 fully saturated rings. The number of aliphatic hydroxyl groups is 1. The quantitative estimate of drug-likeness (QED) is 0.375. The highest BCUT2D eigenvalue weighted by atomic mass is 35.5. The number of hydrogen-bond acceptors (Lipinski definition) is 2. The van der Waals surface area contributed by atoms with Crippen LogP contribution < -0.4 is 5.32 Å². The number of anilines is 1. The monoisotopic (exact) mass is 432 g/mol. The highest BCUT2D eigenvalue weighted by molar-refractivity contribution is 6.33. The second kappa shape index (κ2) is 7.84. The van der Waals surface area contributed by atoms with E-state index >= 15 is 0 Å². The molecule has 0 saturated carbocycles. The molecule has 0 aliphatic carbocycles. The average Bonchev–Trinajstić information content (AvgIpc) is 2.95. The third-order valence-corrected chi connectivity index (χ3v) is 5.77. The lowest BCUT2D eigenvalue weighted by Gasteiger charge is -2.16. The summed E-state index contributed by atoms with van der Waals surface area (Å²) in [5.41, 5.74) is 3.93. The molecule has 3 nitrogen and oxygen atoms in total. The summed E-state index contributed by atoms with van der Waals surface area (Å²) in [6.45, 7) is 2.80. The van der Waals surface area contributed by atoms with Crippen molar-refractivity contribution < 1.29 is 5.11 Å². The molecule has 2 N–H and O–H groups in total. The predicted octanol–water partition coefficient (Wildman–Crippen LogP) is 6.54. The first kappa shape index (κ1) is 19.4. The molecule has 0 aliphatic rings. The minimum atomic E-state index is -0.592. The number of aryl methyl sites for hydroxylation is 1. The minimum absolute atomic E-state index is 0.404. The predicted molar refractivity (Wildman–Crippen MR) is 120 cm³/mol. The van der Waals surface area contributed by atoms with E-state index in [4.69, 9.17) is 34.8 Å². The van der Waals surface area contributed by atoms with E-state index in [1.54, 1.807) is 0 Å². The van der Waals surface area contributed by atoms with Crippen LogP contribution in [-0.2, 0) is 6.54 Å². The van der Waals surface area contributed by atoms with Gasteiger partial charge in [-0.05, 0) is 61.0 Å². The first-order valence-electron chi connectivity index (χ1n) is 8.97. The van der Waals surface area contributed by atoms with Crippen LogP contribution in [0, 0.1) is 6.92 Å². The number of fused-ring (bicyclic) bond motifs is 3. The Bertz CT molecular complexity index is 1110. The summed E-state index contributed by atoms with van der Waals surface area (Å²) in [5, 5.41) is 18.0. The average molecular weight is 434 g/mol. The van der Waals surface area contributed by atoms with Crippen LogP contribution in [-0.4, -0.2) is 22.3 Å². The number of aliphatic hydroxyl groups excluding tert-OH is 1. The Kier molecular flexibility index (Phi) is 5.44. The van der Waals surface area contributed by atoms with Crippen LogP contribution in [0.1, 0.15) is 5.56 Å². The molecule has 6 heteroatoms. The standard InChI is InChI=1S/C22H19Cl3N2O/c1-13-2-5-16(10-20(13)25)26-11-17(28)12-27-21-6-3-14(23)8-18(21)19-9-15(24)4-7-22(19)27/h2-10,17,26,28H,11-12H2,1H3/t17-/m1/s1. The topological polar surface area (TPSA) is 37.2 Å². The third-order valence-electron chi connectivity index (χ3n) is 4.90. The van der Waals surface area contributed by atoms with E-state index in [9.17, 15) is 5.11 Å². The molecule has 144 valence electrons. The van der Waals surface area contributed by atoms with Crippen molar-refractivity contribution in [1.29, 1.82) is 0 Å². The van der Waals surface area contributed by atoms with Crippen molar-refractivity contribution in [3.63, 3.8) is 0 Å². The Morgan fingerprint density at radius 3 is 2.07 bits per heavy atom. The number of aromatic nitrogens is 1. The van der Waals surface area contributed by atoms with Crippen molar-refractivity contribution in [3.05, 3.63) is 75.2 Å². The van der Waals surface area contributed by atoms with Gasteiger partial charge in [-0.3, -0.25) is 0 Å². The van der Waals surface area contributed by atoms with Crippen molar-refractivity contribution in [1.82, 2.24) is 4.57 Å². The summed E-state index contributed by atoms with van der Waals surface area (Å²) in [6.07, 6.45) is -0.592. The maximum atomic E-state index is 10.7. The van der Waals surface area contributed by atoms with Gasteiger partial charge in [-0.25, -0.2) is 0 Å². The summed E-state index contributed by atoms with van der Waals surface area (Å²) in [5.74, 6) is 0. The Balaban J connectivity index is 1.62. The highest BCUT2D eigenvalue weighted by Gasteiger charge is 2.15. The van der Waals surface area contributed by atoms with Gasteiger partial charge in [0.15, 0.2) is 0 Å². The van der Waals surface area contributed by atoms with E-state index in [0.29, 0.717) is 28.2 Å². The minimum Gasteiger partial charge on any atom is -0.389 e. The van der Waals surface area contributed by atoms with E-state index in [1.165, 1.54) is 0 Å². The summed E-state index contributed by atoms with van der Waals surface area (Å²) < 4.78 is 2.10. The molecular weight excluding hydrogens is 415 g/mol. The Morgan fingerprint density at radius 2 is 1.50 bits per heavy atom. The van der Waals surface area contributed by atoms with Gasteiger partial charge in [0.05, 0.1) is 12.6 Å². The highest BCUT2D eigenvalue weighted by Crippen LogP contribution is 2.33. The molecule has 0 saturated heterocycles. The lowest BCUT2D eigenvalue weighted by atomic mass is 10.1. The summed E-state index contributed by atoms with van der Waals surface area (Å²) in [6, 6.07) is 17.3. The van der Waals surface area contributed by atoms with Crippen LogP contribution >= 0.6 is 34.8 Å². The number of benzene rings is 3. The van der Waals surface area contributed by atoms with Crippen LogP contribution in [0.3, 0.4) is 0 Å². The number of nitrogens with one attached hydrogen (secondary N) is 1. The van der Waals surface area contributed by atoms with Crippen molar-refractivity contribution >= 4 is 62.3 Å². The van der Waals surface area contributed by atoms with Crippen molar-refractivity contribution in [2.45, 2.75) is 19.6 Å². The number of halogens is 3. The normalized spacial score (nSPS) is 12.6. The molecule has 3 aromatic carbocycles. The van der Waals surface area contributed by atoms with E-state index in [2.05, 4.69) is 9.88 Å². The lowest BCUT2D eigenvalue weighted by molar-refractivity contribution is 0.169. The number of nitrogens with zero attached hydrogens (tertiary/aromatic N) is 1. The molecule has 0 unspecified atom stereocenters. The van der Waals surface area contributed by atoms with Gasteiger partial charge < -0.3 is 15.0 Å². The molecule has 1 heterocycles. The van der Waals surface area contributed by atoms with Gasteiger partial charge in [0.1, 0.15) is 0 Å². The first-order valence-corrected chi connectivity index (χ1v) is 10.1. The first-order chi connectivity index (χ1) is 13.4. The Labute approximate surface area is 178 Å². The van der Waals surface area contributed by atoms with Crippen LogP contribution in [0.4, 0.5) is 5.69 Å². The van der Waals surface area contributed by atoms with Crippen LogP contribution in [0.5, 0.6) is 0 Å². The molecule has 4 rings (SSSR count). The smallest absolute Gasteiger partial charge is 0.0891 e. The maximum Gasteiger partial charge on any atom is 0.0891 e. The Hall–Kier alpha value is -1.91. The summed E-state index contributed by atoms with van der Waals surface area (Å²) in [4.78, 5) is 0. The fourth-order valence-corrected chi connectivity index (χ4v) is 3.98. The van der Waals surface area contributed by atoms with Crippen LogP contribution in [0.25, 0.3) is 21.8 Å². The molecular formula is C22H19Cl3N2O.